The fourth-order valence-electron chi connectivity index (χ4n) is 3.89. The number of halogens is 1. The molecule has 0 radical (unpaired) electrons. The van der Waals surface area contributed by atoms with E-state index in [1.54, 1.807) is 29.0 Å². The highest BCUT2D eigenvalue weighted by Gasteiger charge is 2.34. The van der Waals surface area contributed by atoms with Gasteiger partial charge in [-0.25, -0.2) is 4.39 Å². The van der Waals surface area contributed by atoms with E-state index in [0.29, 0.717) is 18.7 Å². The van der Waals surface area contributed by atoms with E-state index in [2.05, 4.69) is 0 Å². The predicted molar refractivity (Wildman–Crippen MR) is 113 cm³/mol. The normalized spacial score (nSPS) is 13.8. The predicted octanol–water partition coefficient (Wildman–Crippen LogP) is 4.57. The van der Waals surface area contributed by atoms with Gasteiger partial charge in [0.2, 0.25) is 5.91 Å². The molecule has 1 aliphatic rings. The van der Waals surface area contributed by atoms with Crippen molar-refractivity contribution in [2.24, 2.45) is 0 Å². The van der Waals surface area contributed by atoms with E-state index in [1.165, 1.54) is 12.1 Å². The van der Waals surface area contributed by atoms with E-state index in [0.717, 1.165) is 16.7 Å². The van der Waals surface area contributed by atoms with Crippen LogP contribution in [0.3, 0.4) is 0 Å². The summed E-state index contributed by atoms with van der Waals surface area (Å²) in [6.45, 7) is 0.927. The van der Waals surface area contributed by atoms with Crippen LogP contribution in [0.2, 0.25) is 0 Å². The van der Waals surface area contributed by atoms with Crippen LogP contribution >= 0.6 is 0 Å². The minimum Gasteiger partial charge on any atom is -0.341 e. The van der Waals surface area contributed by atoms with Crippen LogP contribution in [0.5, 0.6) is 0 Å². The Hall–Kier alpha value is -3.47. The standard InChI is InChI=1S/C25H23FN2O2/c1-27(16-18-7-3-2-4-8-18)24(29)15-23(19-11-13-21(26)14-12-19)28-17-20-9-5-6-10-22(20)25(28)30/h2-14,23H,15-17H2,1H3. The zero-order valence-electron chi connectivity index (χ0n) is 16.8. The average Bonchev–Trinajstić information content (AvgIpc) is 3.10. The lowest BCUT2D eigenvalue weighted by Gasteiger charge is -2.29. The number of hydrogen-bond donors (Lipinski definition) is 0. The van der Waals surface area contributed by atoms with E-state index in [4.69, 9.17) is 0 Å². The Bertz CT molecular complexity index is 1050. The van der Waals surface area contributed by atoms with Crippen molar-refractivity contribution in [3.8, 4) is 0 Å². The van der Waals surface area contributed by atoms with Gasteiger partial charge >= 0.3 is 0 Å². The highest BCUT2D eigenvalue weighted by molar-refractivity contribution is 5.98. The fraction of sp³-hybridized carbons (Fsp3) is 0.200. The second kappa shape index (κ2) is 8.49. The van der Waals surface area contributed by atoms with Gasteiger partial charge in [-0.3, -0.25) is 9.59 Å². The molecule has 0 saturated carbocycles. The van der Waals surface area contributed by atoms with E-state index in [-0.39, 0.29) is 24.1 Å². The summed E-state index contributed by atoms with van der Waals surface area (Å²) in [7, 11) is 1.76. The van der Waals surface area contributed by atoms with E-state index < -0.39 is 6.04 Å². The van der Waals surface area contributed by atoms with Crippen LogP contribution in [0.25, 0.3) is 0 Å². The number of carbonyl (C=O) groups is 2. The van der Waals surface area contributed by atoms with Crippen LogP contribution < -0.4 is 0 Å². The van der Waals surface area contributed by atoms with Crippen LogP contribution in [0, 0.1) is 5.82 Å². The number of hydrogen-bond acceptors (Lipinski definition) is 2. The highest BCUT2D eigenvalue weighted by Crippen LogP contribution is 2.34. The molecule has 0 N–H and O–H groups in total. The maximum absolute atomic E-state index is 13.5. The zero-order chi connectivity index (χ0) is 21.1. The van der Waals surface area contributed by atoms with Gasteiger partial charge in [0.25, 0.3) is 5.91 Å². The van der Waals surface area contributed by atoms with Crippen molar-refractivity contribution in [2.75, 3.05) is 7.05 Å². The number of rotatable bonds is 6. The smallest absolute Gasteiger partial charge is 0.255 e. The van der Waals surface area contributed by atoms with E-state index >= 15 is 0 Å². The lowest BCUT2D eigenvalue weighted by atomic mass is 10.0. The summed E-state index contributed by atoms with van der Waals surface area (Å²) in [6.07, 6.45) is 0.134. The largest absolute Gasteiger partial charge is 0.341 e. The summed E-state index contributed by atoms with van der Waals surface area (Å²) < 4.78 is 13.5. The molecular formula is C25H23FN2O2. The molecule has 3 aromatic carbocycles. The first-order chi connectivity index (χ1) is 14.5. The number of benzene rings is 3. The quantitative estimate of drug-likeness (QED) is 0.606. The van der Waals surface area contributed by atoms with Gasteiger partial charge in [0.15, 0.2) is 0 Å². The molecule has 0 aliphatic carbocycles. The SMILES string of the molecule is CN(Cc1ccccc1)C(=O)CC(c1ccc(F)cc1)N1Cc2ccccc2C1=O. The van der Waals surface area contributed by atoms with Crippen molar-refractivity contribution in [1.82, 2.24) is 9.80 Å². The van der Waals surface area contributed by atoms with Gasteiger partial charge in [0.05, 0.1) is 12.5 Å². The van der Waals surface area contributed by atoms with E-state index in [9.17, 15) is 14.0 Å². The Balaban J connectivity index is 1.58. The molecule has 1 aliphatic heterocycles. The zero-order valence-corrected chi connectivity index (χ0v) is 16.8. The summed E-state index contributed by atoms with van der Waals surface area (Å²) in [5, 5.41) is 0. The Morgan fingerprint density at radius 1 is 1.00 bits per heavy atom. The molecule has 0 saturated heterocycles. The van der Waals surface area contributed by atoms with Crippen LogP contribution in [0.15, 0.2) is 78.9 Å². The average molecular weight is 402 g/mol. The minimum absolute atomic E-state index is 0.0723. The van der Waals surface area contributed by atoms with Crippen molar-refractivity contribution in [2.45, 2.75) is 25.6 Å². The molecule has 1 atom stereocenters. The molecule has 4 rings (SSSR count). The van der Waals surface area contributed by atoms with Crippen LogP contribution in [0.1, 0.15) is 39.5 Å². The van der Waals surface area contributed by atoms with Gasteiger partial charge in [0, 0.05) is 25.7 Å². The molecule has 0 spiro atoms. The first-order valence-corrected chi connectivity index (χ1v) is 9.95. The molecule has 1 unspecified atom stereocenters. The first kappa shape index (κ1) is 19.8. The molecule has 0 aromatic heterocycles. The second-order valence-corrected chi connectivity index (χ2v) is 7.60. The molecule has 152 valence electrons. The molecule has 5 heteroatoms. The monoisotopic (exact) mass is 402 g/mol. The maximum Gasteiger partial charge on any atom is 0.255 e. The third-order valence-corrected chi connectivity index (χ3v) is 5.54. The molecular weight excluding hydrogens is 379 g/mol. The maximum atomic E-state index is 13.5. The lowest BCUT2D eigenvalue weighted by molar-refractivity contribution is -0.131. The van der Waals surface area contributed by atoms with E-state index in [1.807, 2.05) is 54.6 Å². The number of nitrogens with zero attached hydrogens (tertiary/aromatic N) is 2. The number of carbonyl (C=O) groups excluding carboxylic acids is 2. The molecule has 3 aromatic rings. The molecule has 2 amide bonds. The summed E-state index contributed by atoms with van der Waals surface area (Å²) in [5.41, 5.74) is 3.39. The van der Waals surface area contributed by atoms with Gasteiger partial charge in [-0.2, -0.15) is 0 Å². The lowest BCUT2D eigenvalue weighted by Crippen LogP contribution is -2.35. The first-order valence-electron chi connectivity index (χ1n) is 9.95. The van der Waals surface area contributed by atoms with Crippen molar-refractivity contribution in [3.63, 3.8) is 0 Å². The summed E-state index contributed by atoms with van der Waals surface area (Å²) >= 11 is 0. The molecule has 4 nitrogen and oxygen atoms in total. The Morgan fingerprint density at radius 2 is 1.67 bits per heavy atom. The van der Waals surface area contributed by atoms with Crippen LogP contribution in [-0.4, -0.2) is 28.7 Å². The summed E-state index contributed by atoms with van der Waals surface area (Å²) in [6, 6.07) is 22.8. The topological polar surface area (TPSA) is 40.6 Å². The number of amides is 2. The van der Waals surface area contributed by atoms with Crippen molar-refractivity contribution in [3.05, 3.63) is 107 Å². The van der Waals surface area contributed by atoms with Gasteiger partial charge in [-0.15, -0.1) is 0 Å². The van der Waals surface area contributed by atoms with Gasteiger partial charge < -0.3 is 9.80 Å². The van der Waals surface area contributed by atoms with Crippen LogP contribution in [0.4, 0.5) is 4.39 Å². The van der Waals surface area contributed by atoms with Gasteiger partial charge in [-0.1, -0.05) is 60.7 Å². The third kappa shape index (κ3) is 4.10. The third-order valence-electron chi connectivity index (χ3n) is 5.54. The molecule has 1 heterocycles. The second-order valence-electron chi connectivity index (χ2n) is 7.60. The Labute approximate surface area is 175 Å². The highest BCUT2D eigenvalue weighted by atomic mass is 19.1. The summed E-state index contributed by atoms with van der Waals surface area (Å²) in [4.78, 5) is 29.5. The van der Waals surface area contributed by atoms with Crippen molar-refractivity contribution < 1.29 is 14.0 Å². The number of fused-ring (bicyclic) bond motifs is 1. The fourth-order valence-corrected chi connectivity index (χ4v) is 3.89. The Kier molecular flexibility index (Phi) is 5.61. The van der Waals surface area contributed by atoms with Gasteiger partial charge in [-0.05, 0) is 34.9 Å². The van der Waals surface area contributed by atoms with Gasteiger partial charge in [0.1, 0.15) is 5.82 Å². The summed E-state index contributed by atoms with van der Waals surface area (Å²) in [5.74, 6) is -0.517. The molecule has 30 heavy (non-hydrogen) atoms. The van der Waals surface area contributed by atoms with Crippen molar-refractivity contribution >= 4 is 11.8 Å². The molecule has 0 fully saturated rings. The molecule has 0 bridgehead atoms. The van der Waals surface area contributed by atoms with Crippen LogP contribution in [-0.2, 0) is 17.9 Å². The minimum atomic E-state index is -0.462. The Morgan fingerprint density at radius 3 is 2.37 bits per heavy atom. The van der Waals surface area contributed by atoms with Crippen molar-refractivity contribution in [1.29, 1.82) is 0 Å².